The summed E-state index contributed by atoms with van der Waals surface area (Å²) in [6, 6.07) is 10.8. The van der Waals surface area contributed by atoms with Crippen LogP contribution in [-0.4, -0.2) is 28.6 Å². The van der Waals surface area contributed by atoms with Crippen molar-refractivity contribution < 1.29 is 12.8 Å². The van der Waals surface area contributed by atoms with Crippen molar-refractivity contribution in [3.05, 3.63) is 76.0 Å². The second-order valence-electron chi connectivity index (χ2n) is 11.0. The van der Waals surface area contributed by atoms with Gasteiger partial charge >= 0.3 is 0 Å². The van der Waals surface area contributed by atoms with Crippen molar-refractivity contribution in [3.63, 3.8) is 0 Å². The molecule has 0 saturated heterocycles. The zero-order valence-electron chi connectivity index (χ0n) is 22.6. The van der Waals surface area contributed by atoms with Gasteiger partial charge in [-0.15, -0.1) is 0 Å². The maximum atomic E-state index is 13.4. The van der Waals surface area contributed by atoms with E-state index < -0.39 is 23.4 Å². The highest BCUT2D eigenvalue weighted by atomic mass is 32.2. The summed E-state index contributed by atoms with van der Waals surface area (Å²) in [5.41, 5.74) is 3.57. The predicted molar refractivity (Wildman–Crippen MR) is 155 cm³/mol. The van der Waals surface area contributed by atoms with Gasteiger partial charge in [0, 0.05) is 6.61 Å². The molecule has 0 bridgehead atoms. The Morgan fingerprint density at radius 3 is 2.34 bits per heavy atom. The maximum absolute atomic E-state index is 13.4. The molecule has 194 valence electrons. The highest BCUT2D eigenvalue weighted by molar-refractivity contribution is 7.92. The summed E-state index contributed by atoms with van der Waals surface area (Å²) in [5.74, 6) is 0. The number of thiophene rings is 1. The monoisotopic (exact) mass is 532 g/mol. The van der Waals surface area contributed by atoms with Crippen LogP contribution in [0.4, 0.5) is 0 Å². The van der Waals surface area contributed by atoms with Crippen molar-refractivity contribution in [1.29, 1.82) is 0 Å². The van der Waals surface area contributed by atoms with Gasteiger partial charge in [-0.25, -0.2) is 8.42 Å². The lowest BCUT2D eigenvalue weighted by molar-refractivity contribution is 0.282. The molecule has 0 aliphatic carbocycles. The minimum atomic E-state index is -3.45. The van der Waals surface area contributed by atoms with Crippen LogP contribution in [0, 0.1) is 0 Å². The molecular formula is C29H44O3S2Si. The van der Waals surface area contributed by atoms with E-state index in [1.54, 1.807) is 35.6 Å². The average molecular weight is 533 g/mol. The fraction of sp³-hybridized carbons (Fsp3) is 0.517. The Balaban J connectivity index is 1.96. The largest absolute Gasteiger partial charge is 0.417 e. The van der Waals surface area contributed by atoms with Crippen LogP contribution in [0.5, 0.6) is 0 Å². The van der Waals surface area contributed by atoms with E-state index in [0.29, 0.717) is 11.3 Å². The van der Waals surface area contributed by atoms with Gasteiger partial charge in [-0.05, 0) is 98.6 Å². The number of sulfone groups is 1. The Morgan fingerprint density at radius 1 is 1.06 bits per heavy atom. The molecule has 6 heteroatoms. The van der Waals surface area contributed by atoms with Crippen LogP contribution in [-0.2, 0) is 20.7 Å². The number of allylic oxidation sites excluding steroid dienone is 3. The fourth-order valence-electron chi connectivity index (χ4n) is 3.63. The average Bonchev–Trinajstić information content (AvgIpc) is 3.29. The van der Waals surface area contributed by atoms with E-state index in [4.69, 9.17) is 4.43 Å². The van der Waals surface area contributed by atoms with Gasteiger partial charge in [0.25, 0.3) is 0 Å². The molecule has 0 amide bonds. The van der Waals surface area contributed by atoms with Crippen LogP contribution in [0.1, 0.15) is 65.9 Å². The lowest BCUT2D eigenvalue weighted by atomic mass is 10.1. The molecule has 1 heterocycles. The summed E-state index contributed by atoms with van der Waals surface area (Å²) in [4.78, 5) is 0.389. The van der Waals surface area contributed by atoms with Crippen LogP contribution in [0.25, 0.3) is 0 Å². The predicted octanol–water partition coefficient (Wildman–Crippen LogP) is 8.61. The first-order valence-corrected chi connectivity index (χ1v) is 18.0. The van der Waals surface area contributed by atoms with E-state index in [-0.39, 0.29) is 5.04 Å². The number of hydrogen-bond acceptors (Lipinski definition) is 4. The van der Waals surface area contributed by atoms with Gasteiger partial charge in [0.1, 0.15) is 0 Å². The normalized spacial score (nSPS) is 14.8. The number of rotatable bonds is 13. The van der Waals surface area contributed by atoms with Gasteiger partial charge < -0.3 is 4.43 Å². The molecule has 1 aromatic carbocycles. The van der Waals surface area contributed by atoms with Crippen LogP contribution >= 0.6 is 11.3 Å². The van der Waals surface area contributed by atoms with Crippen molar-refractivity contribution in [2.24, 2.45) is 0 Å². The number of hydrogen-bond donors (Lipinski definition) is 0. The first-order valence-electron chi connectivity index (χ1n) is 12.6. The lowest BCUT2D eigenvalue weighted by Crippen LogP contribution is -2.40. The van der Waals surface area contributed by atoms with E-state index in [9.17, 15) is 8.42 Å². The van der Waals surface area contributed by atoms with E-state index in [1.165, 1.54) is 5.57 Å². The van der Waals surface area contributed by atoms with Gasteiger partial charge in [0.2, 0.25) is 0 Å². The first kappa shape index (κ1) is 29.8. The third-order valence-corrected chi connectivity index (χ3v) is 14.3. The first-order chi connectivity index (χ1) is 16.3. The second-order valence-corrected chi connectivity index (χ2v) is 18.8. The molecule has 0 spiro atoms. The van der Waals surface area contributed by atoms with E-state index in [0.717, 1.165) is 43.4 Å². The van der Waals surface area contributed by atoms with E-state index >= 15 is 0 Å². The molecule has 0 fully saturated rings. The molecule has 0 radical (unpaired) electrons. The Hall–Kier alpha value is -1.47. The van der Waals surface area contributed by atoms with Gasteiger partial charge in [-0.1, -0.05) is 62.3 Å². The van der Waals surface area contributed by atoms with Gasteiger partial charge in [0.15, 0.2) is 18.2 Å². The molecule has 0 N–H and O–H groups in total. The summed E-state index contributed by atoms with van der Waals surface area (Å²) in [6.45, 7) is 16.5. The van der Waals surface area contributed by atoms with Gasteiger partial charge in [-0.3, -0.25) is 0 Å². The van der Waals surface area contributed by atoms with Crippen LogP contribution < -0.4 is 0 Å². The zero-order valence-corrected chi connectivity index (χ0v) is 25.3. The Kier molecular flexibility index (Phi) is 11.2. The highest BCUT2D eigenvalue weighted by Gasteiger charge is 2.36. The van der Waals surface area contributed by atoms with Gasteiger partial charge in [0.05, 0.1) is 10.1 Å². The minimum Gasteiger partial charge on any atom is -0.417 e. The smallest absolute Gasteiger partial charge is 0.191 e. The second kappa shape index (κ2) is 13.2. The maximum Gasteiger partial charge on any atom is 0.191 e. The number of benzene rings is 1. The van der Waals surface area contributed by atoms with Crippen molar-refractivity contribution in [2.75, 3.05) is 6.61 Å². The molecule has 1 unspecified atom stereocenters. The zero-order chi connectivity index (χ0) is 26.1. The van der Waals surface area contributed by atoms with Crippen molar-refractivity contribution in [2.45, 2.75) is 95.0 Å². The third-order valence-electron chi connectivity index (χ3n) is 6.97. The quantitative estimate of drug-likeness (QED) is 0.147. The summed E-state index contributed by atoms with van der Waals surface area (Å²) in [5, 5.41) is 3.73. The molecule has 1 atom stereocenters. The topological polar surface area (TPSA) is 43.4 Å². The fourth-order valence-corrected chi connectivity index (χ4v) is 7.11. The Bertz CT molecular complexity index is 1060. The molecule has 0 aliphatic rings. The van der Waals surface area contributed by atoms with E-state index in [2.05, 4.69) is 53.8 Å². The summed E-state index contributed by atoms with van der Waals surface area (Å²) in [7, 11) is -5.12. The molecular weight excluding hydrogens is 489 g/mol. The molecule has 2 aromatic rings. The SMILES string of the molecule is C/C(=C/C(Cc1ccsc1)S(=O)(=O)c1ccccc1)CC/C=C(/C)CCCO[Si](C)(C)C(C)(C)C. The standard InChI is InChI=1S/C29H44O3S2Si/c1-24(15-12-19-32-35(6,7)29(3,4)5)13-11-14-25(2)21-28(22-26-18-20-33-23-26)34(30,31)27-16-9-8-10-17-27/h8-10,13,16-18,20-21,23,28H,11-12,14-15,19,22H2,1-7H3/b24-13-,25-21-. The summed E-state index contributed by atoms with van der Waals surface area (Å²) in [6.07, 6.45) is 8.64. The highest BCUT2D eigenvalue weighted by Crippen LogP contribution is 2.36. The van der Waals surface area contributed by atoms with Crippen molar-refractivity contribution in [1.82, 2.24) is 0 Å². The Labute approximate surface area is 219 Å². The molecule has 0 saturated carbocycles. The Morgan fingerprint density at radius 2 is 1.74 bits per heavy atom. The van der Waals surface area contributed by atoms with Gasteiger partial charge in [-0.2, -0.15) is 11.3 Å². The van der Waals surface area contributed by atoms with Crippen LogP contribution in [0.15, 0.2) is 75.4 Å². The summed E-state index contributed by atoms with van der Waals surface area (Å²) < 4.78 is 33.1. The molecule has 35 heavy (non-hydrogen) atoms. The lowest BCUT2D eigenvalue weighted by Gasteiger charge is -2.36. The molecule has 3 nitrogen and oxygen atoms in total. The van der Waals surface area contributed by atoms with E-state index in [1.807, 2.05) is 29.0 Å². The van der Waals surface area contributed by atoms with Crippen LogP contribution in [0.3, 0.4) is 0 Å². The minimum absolute atomic E-state index is 0.247. The van der Waals surface area contributed by atoms with Crippen molar-refractivity contribution >= 4 is 29.5 Å². The molecule has 1 aromatic heterocycles. The molecule has 0 aliphatic heterocycles. The van der Waals surface area contributed by atoms with Crippen molar-refractivity contribution in [3.8, 4) is 0 Å². The summed E-state index contributed by atoms with van der Waals surface area (Å²) >= 11 is 1.60. The molecule has 2 rings (SSSR count). The van der Waals surface area contributed by atoms with Crippen LogP contribution in [0.2, 0.25) is 18.1 Å². The third kappa shape index (κ3) is 9.49.